The molecule has 0 saturated heterocycles. The van der Waals surface area contributed by atoms with Crippen molar-refractivity contribution in [2.24, 2.45) is 0 Å². The molecule has 0 aliphatic carbocycles. The van der Waals surface area contributed by atoms with Gasteiger partial charge in [-0.05, 0) is 37.5 Å². The minimum Gasteiger partial charge on any atom is -0.325 e. The summed E-state index contributed by atoms with van der Waals surface area (Å²) in [4.78, 5) is 34.5. The van der Waals surface area contributed by atoms with Crippen LogP contribution >= 0.6 is 0 Å². The predicted octanol–water partition coefficient (Wildman–Crippen LogP) is 3.05. The highest BCUT2D eigenvalue weighted by Crippen LogP contribution is 2.15. The fourth-order valence-corrected chi connectivity index (χ4v) is 2.53. The molecule has 25 heavy (non-hydrogen) atoms. The molecule has 1 amide bonds. The average Bonchev–Trinajstić information content (AvgIpc) is 2.57. The van der Waals surface area contributed by atoms with Crippen molar-refractivity contribution in [3.05, 3.63) is 68.1 Å². The summed E-state index contributed by atoms with van der Waals surface area (Å²) in [5.74, 6) is -0.410. The number of aromatic nitrogens is 1. The summed E-state index contributed by atoms with van der Waals surface area (Å²) >= 11 is 0. The van der Waals surface area contributed by atoms with E-state index in [0.29, 0.717) is 5.69 Å². The Morgan fingerprint density at radius 3 is 2.48 bits per heavy atom. The Balaban J connectivity index is 2.09. The van der Waals surface area contributed by atoms with Crippen molar-refractivity contribution < 1.29 is 9.72 Å². The standard InChI is InChI=1S/C18H21N3O4/c1-3-4-5-14-6-8-15(9-7-14)19-17(22)12-20-13(2)16(21(24)25)10-11-18(20)23/h6-11H,3-5,12H2,1-2H3,(H,19,22). The molecular formula is C18H21N3O4. The quantitative estimate of drug-likeness (QED) is 0.617. The fraction of sp³-hybridized carbons (Fsp3) is 0.333. The molecule has 2 rings (SSSR count). The second-order valence-electron chi connectivity index (χ2n) is 5.83. The van der Waals surface area contributed by atoms with E-state index in [4.69, 9.17) is 0 Å². The number of carbonyl (C=O) groups is 1. The van der Waals surface area contributed by atoms with Gasteiger partial charge < -0.3 is 5.32 Å². The first kappa shape index (κ1) is 18.4. The van der Waals surface area contributed by atoms with Gasteiger partial charge in [-0.25, -0.2) is 0 Å². The molecule has 1 N–H and O–H groups in total. The van der Waals surface area contributed by atoms with Crippen LogP contribution in [0.5, 0.6) is 0 Å². The number of amides is 1. The molecule has 1 aromatic carbocycles. The van der Waals surface area contributed by atoms with Gasteiger partial charge in [0.25, 0.3) is 11.2 Å². The zero-order valence-corrected chi connectivity index (χ0v) is 14.3. The van der Waals surface area contributed by atoms with Gasteiger partial charge in [0.05, 0.1) is 10.6 Å². The molecule has 0 radical (unpaired) electrons. The van der Waals surface area contributed by atoms with Gasteiger partial charge in [-0.15, -0.1) is 0 Å². The smallest absolute Gasteiger partial charge is 0.288 e. The van der Waals surface area contributed by atoms with Gasteiger partial charge in [0.1, 0.15) is 6.54 Å². The van der Waals surface area contributed by atoms with Crippen LogP contribution in [0.4, 0.5) is 11.4 Å². The zero-order chi connectivity index (χ0) is 18.4. The summed E-state index contributed by atoms with van der Waals surface area (Å²) < 4.78 is 1.10. The second kappa shape index (κ2) is 8.23. The summed E-state index contributed by atoms with van der Waals surface area (Å²) in [6.45, 7) is 3.31. The van der Waals surface area contributed by atoms with Gasteiger partial charge in [-0.3, -0.25) is 24.3 Å². The molecule has 1 heterocycles. The fourth-order valence-electron chi connectivity index (χ4n) is 2.53. The van der Waals surface area contributed by atoms with Gasteiger partial charge in [-0.2, -0.15) is 0 Å². The van der Waals surface area contributed by atoms with Gasteiger partial charge in [0, 0.05) is 17.8 Å². The van der Waals surface area contributed by atoms with Crippen molar-refractivity contribution in [1.29, 1.82) is 0 Å². The van der Waals surface area contributed by atoms with E-state index in [-0.39, 0.29) is 17.9 Å². The number of pyridine rings is 1. The van der Waals surface area contributed by atoms with Crippen molar-refractivity contribution in [3.63, 3.8) is 0 Å². The third-order valence-electron chi connectivity index (χ3n) is 3.98. The molecule has 0 fully saturated rings. The van der Waals surface area contributed by atoms with Crippen LogP contribution < -0.4 is 10.9 Å². The summed E-state index contributed by atoms with van der Waals surface area (Å²) in [6, 6.07) is 9.78. The summed E-state index contributed by atoms with van der Waals surface area (Å²) in [7, 11) is 0. The lowest BCUT2D eigenvalue weighted by Gasteiger charge is -2.10. The Kier molecular flexibility index (Phi) is 6.05. The van der Waals surface area contributed by atoms with Crippen molar-refractivity contribution >= 4 is 17.3 Å². The van der Waals surface area contributed by atoms with E-state index in [9.17, 15) is 19.7 Å². The molecule has 0 aliphatic heterocycles. The Hall–Kier alpha value is -2.96. The maximum atomic E-state index is 12.2. The third kappa shape index (κ3) is 4.76. The van der Waals surface area contributed by atoms with Crippen molar-refractivity contribution in [1.82, 2.24) is 4.57 Å². The third-order valence-corrected chi connectivity index (χ3v) is 3.98. The highest BCUT2D eigenvalue weighted by atomic mass is 16.6. The number of benzene rings is 1. The van der Waals surface area contributed by atoms with E-state index >= 15 is 0 Å². The lowest BCUT2D eigenvalue weighted by molar-refractivity contribution is -0.386. The van der Waals surface area contributed by atoms with Crippen LogP contribution in [-0.2, 0) is 17.8 Å². The Morgan fingerprint density at radius 2 is 1.88 bits per heavy atom. The summed E-state index contributed by atoms with van der Waals surface area (Å²) in [5.41, 5.74) is 1.34. The highest BCUT2D eigenvalue weighted by Gasteiger charge is 2.16. The van der Waals surface area contributed by atoms with Gasteiger partial charge in [-0.1, -0.05) is 25.5 Å². The van der Waals surface area contributed by atoms with Crippen LogP contribution in [-0.4, -0.2) is 15.4 Å². The first-order valence-electron chi connectivity index (χ1n) is 8.16. The van der Waals surface area contributed by atoms with Crippen LogP contribution in [0, 0.1) is 17.0 Å². The molecule has 1 aromatic heterocycles. The number of carbonyl (C=O) groups excluding carboxylic acids is 1. The van der Waals surface area contributed by atoms with E-state index in [1.807, 2.05) is 24.3 Å². The molecule has 0 saturated carbocycles. The molecule has 0 aliphatic rings. The van der Waals surface area contributed by atoms with Crippen LogP contribution in [0.1, 0.15) is 31.0 Å². The molecule has 0 unspecified atom stereocenters. The Bertz CT molecular complexity index is 825. The number of nitrogens with one attached hydrogen (secondary N) is 1. The van der Waals surface area contributed by atoms with E-state index in [2.05, 4.69) is 12.2 Å². The molecule has 7 nitrogen and oxygen atoms in total. The number of hydrogen-bond donors (Lipinski definition) is 1. The van der Waals surface area contributed by atoms with E-state index < -0.39 is 16.4 Å². The van der Waals surface area contributed by atoms with Crippen LogP contribution in [0.25, 0.3) is 0 Å². The lowest BCUT2D eigenvalue weighted by Crippen LogP contribution is -2.29. The first-order chi connectivity index (χ1) is 11.9. The van der Waals surface area contributed by atoms with Crippen LogP contribution in [0.15, 0.2) is 41.2 Å². The Labute approximate surface area is 145 Å². The maximum Gasteiger partial charge on any atom is 0.288 e. The predicted molar refractivity (Wildman–Crippen MR) is 95.8 cm³/mol. The summed E-state index contributed by atoms with van der Waals surface area (Å²) in [5, 5.41) is 13.7. The van der Waals surface area contributed by atoms with E-state index in [1.54, 1.807) is 0 Å². The highest BCUT2D eigenvalue weighted by molar-refractivity contribution is 5.90. The number of hydrogen-bond acceptors (Lipinski definition) is 4. The van der Waals surface area contributed by atoms with Crippen LogP contribution in [0.3, 0.4) is 0 Å². The number of rotatable bonds is 7. The molecule has 0 atom stereocenters. The van der Waals surface area contributed by atoms with Crippen LogP contribution in [0.2, 0.25) is 0 Å². The largest absolute Gasteiger partial charge is 0.325 e. The van der Waals surface area contributed by atoms with Crippen molar-refractivity contribution in [3.8, 4) is 0 Å². The number of nitrogens with zero attached hydrogens (tertiary/aromatic N) is 2. The topological polar surface area (TPSA) is 94.2 Å². The number of unbranched alkanes of at least 4 members (excludes halogenated alkanes) is 1. The Morgan fingerprint density at radius 1 is 1.20 bits per heavy atom. The molecular weight excluding hydrogens is 322 g/mol. The minimum absolute atomic E-state index is 0.155. The van der Waals surface area contributed by atoms with E-state index in [1.165, 1.54) is 12.5 Å². The van der Waals surface area contributed by atoms with Gasteiger partial charge in [0.2, 0.25) is 5.91 Å². The number of nitro groups is 1. The van der Waals surface area contributed by atoms with Gasteiger partial charge in [0.15, 0.2) is 0 Å². The van der Waals surface area contributed by atoms with Gasteiger partial charge >= 0.3 is 0 Å². The molecule has 2 aromatic rings. The molecule has 7 heteroatoms. The normalized spacial score (nSPS) is 10.5. The summed E-state index contributed by atoms with van der Waals surface area (Å²) in [6.07, 6.45) is 3.23. The molecule has 132 valence electrons. The number of aryl methyl sites for hydroxylation is 1. The monoisotopic (exact) mass is 343 g/mol. The number of anilines is 1. The lowest BCUT2D eigenvalue weighted by atomic mass is 10.1. The van der Waals surface area contributed by atoms with Crippen molar-refractivity contribution in [2.75, 3.05) is 5.32 Å². The SMILES string of the molecule is CCCCc1ccc(NC(=O)Cn2c(C)c([N+](=O)[O-])ccc2=O)cc1. The van der Waals surface area contributed by atoms with Crippen molar-refractivity contribution in [2.45, 2.75) is 39.7 Å². The first-order valence-corrected chi connectivity index (χ1v) is 8.16. The zero-order valence-electron chi connectivity index (χ0n) is 14.3. The van der Waals surface area contributed by atoms with E-state index in [0.717, 1.165) is 36.0 Å². The molecule has 0 bridgehead atoms. The minimum atomic E-state index is -0.571. The second-order valence-corrected chi connectivity index (χ2v) is 5.83. The maximum absolute atomic E-state index is 12.2. The molecule has 0 spiro atoms. The average molecular weight is 343 g/mol.